The van der Waals surface area contributed by atoms with Crippen LogP contribution in [0.3, 0.4) is 0 Å². The maximum Gasteiger partial charge on any atom is 0.00978 e. The Bertz CT molecular complexity index is 151. The summed E-state index contributed by atoms with van der Waals surface area (Å²) in [6, 6.07) is 0.865. The predicted molar refractivity (Wildman–Crippen MR) is 56.8 cm³/mol. The van der Waals surface area contributed by atoms with Gasteiger partial charge in [0.25, 0.3) is 0 Å². The number of rotatable bonds is 2. The highest BCUT2D eigenvalue weighted by atomic mass is 14.9. The van der Waals surface area contributed by atoms with Crippen LogP contribution >= 0.6 is 0 Å². The summed E-state index contributed by atoms with van der Waals surface area (Å²) in [5.41, 5.74) is 0. The van der Waals surface area contributed by atoms with Gasteiger partial charge in [0.1, 0.15) is 0 Å². The smallest absolute Gasteiger partial charge is 0.00978 e. The minimum absolute atomic E-state index is 0.865. The standard InChI is InChI=1S/C12H23N/c1-2-5-12-11-7-4-3-6-10(11)8-9-13-12/h10-13H,2-9H2,1H3. The molecule has 1 saturated carbocycles. The second-order valence-electron chi connectivity index (χ2n) is 4.85. The third-order valence-corrected chi connectivity index (χ3v) is 4.01. The van der Waals surface area contributed by atoms with Gasteiger partial charge in [0.05, 0.1) is 0 Å². The van der Waals surface area contributed by atoms with E-state index in [4.69, 9.17) is 0 Å². The molecular weight excluding hydrogens is 158 g/mol. The van der Waals surface area contributed by atoms with E-state index in [-0.39, 0.29) is 0 Å². The molecule has 3 unspecified atom stereocenters. The maximum atomic E-state index is 3.72. The Hall–Kier alpha value is -0.0400. The van der Waals surface area contributed by atoms with Crippen LogP contribution in [0, 0.1) is 11.8 Å². The van der Waals surface area contributed by atoms with Crippen LogP contribution in [0.2, 0.25) is 0 Å². The first-order chi connectivity index (χ1) is 6.42. The van der Waals surface area contributed by atoms with E-state index in [9.17, 15) is 0 Å². The molecule has 76 valence electrons. The van der Waals surface area contributed by atoms with Gasteiger partial charge in [0, 0.05) is 6.04 Å². The Balaban J connectivity index is 1.94. The molecule has 0 aromatic carbocycles. The number of hydrogen-bond acceptors (Lipinski definition) is 1. The third-order valence-electron chi connectivity index (χ3n) is 4.01. The van der Waals surface area contributed by atoms with Gasteiger partial charge in [0.15, 0.2) is 0 Å². The van der Waals surface area contributed by atoms with Crippen molar-refractivity contribution in [1.82, 2.24) is 5.32 Å². The zero-order chi connectivity index (χ0) is 9.10. The second kappa shape index (κ2) is 4.45. The highest BCUT2D eigenvalue weighted by Gasteiger charge is 2.33. The maximum absolute atomic E-state index is 3.72. The molecule has 0 bridgehead atoms. The predicted octanol–water partition coefficient (Wildman–Crippen LogP) is 2.95. The summed E-state index contributed by atoms with van der Waals surface area (Å²) >= 11 is 0. The molecule has 13 heavy (non-hydrogen) atoms. The topological polar surface area (TPSA) is 12.0 Å². The average Bonchev–Trinajstić information content (AvgIpc) is 2.19. The van der Waals surface area contributed by atoms with Crippen molar-refractivity contribution >= 4 is 0 Å². The van der Waals surface area contributed by atoms with Crippen molar-refractivity contribution in [3.8, 4) is 0 Å². The highest BCUT2D eigenvalue weighted by Crippen LogP contribution is 2.37. The normalized spacial score (nSPS) is 39.9. The van der Waals surface area contributed by atoms with E-state index < -0.39 is 0 Å². The zero-order valence-corrected chi connectivity index (χ0v) is 8.89. The molecule has 0 amide bonds. The largest absolute Gasteiger partial charge is 0.314 e. The molecule has 2 rings (SSSR count). The Labute approximate surface area is 82.3 Å². The minimum Gasteiger partial charge on any atom is -0.314 e. The van der Waals surface area contributed by atoms with Crippen LogP contribution < -0.4 is 5.32 Å². The van der Waals surface area contributed by atoms with Crippen molar-refractivity contribution in [2.75, 3.05) is 6.54 Å². The Morgan fingerprint density at radius 1 is 1.15 bits per heavy atom. The number of piperidine rings is 1. The van der Waals surface area contributed by atoms with Gasteiger partial charge in [-0.25, -0.2) is 0 Å². The summed E-state index contributed by atoms with van der Waals surface area (Å²) in [7, 11) is 0. The second-order valence-corrected chi connectivity index (χ2v) is 4.85. The fraction of sp³-hybridized carbons (Fsp3) is 1.00. The minimum atomic E-state index is 0.865. The summed E-state index contributed by atoms with van der Waals surface area (Å²) in [4.78, 5) is 0. The Kier molecular flexibility index (Phi) is 3.26. The molecule has 1 aliphatic heterocycles. The van der Waals surface area contributed by atoms with Crippen LogP contribution in [0.4, 0.5) is 0 Å². The van der Waals surface area contributed by atoms with Gasteiger partial charge in [-0.1, -0.05) is 32.6 Å². The van der Waals surface area contributed by atoms with Crippen molar-refractivity contribution in [3.05, 3.63) is 0 Å². The molecule has 1 heteroatoms. The molecule has 1 heterocycles. The fourth-order valence-corrected chi connectivity index (χ4v) is 3.36. The van der Waals surface area contributed by atoms with Crippen molar-refractivity contribution in [3.63, 3.8) is 0 Å². The van der Waals surface area contributed by atoms with Gasteiger partial charge in [-0.3, -0.25) is 0 Å². The number of hydrogen-bond donors (Lipinski definition) is 1. The number of nitrogens with one attached hydrogen (secondary N) is 1. The average molecular weight is 181 g/mol. The summed E-state index contributed by atoms with van der Waals surface area (Å²) in [5.74, 6) is 2.11. The molecule has 1 aliphatic carbocycles. The van der Waals surface area contributed by atoms with E-state index in [1.807, 2.05) is 0 Å². The van der Waals surface area contributed by atoms with Crippen LogP contribution in [0.25, 0.3) is 0 Å². The van der Waals surface area contributed by atoms with Crippen molar-refractivity contribution in [2.45, 2.75) is 57.9 Å². The van der Waals surface area contributed by atoms with E-state index in [1.54, 1.807) is 0 Å². The molecule has 2 fully saturated rings. The monoisotopic (exact) mass is 181 g/mol. The first-order valence-corrected chi connectivity index (χ1v) is 6.15. The van der Waals surface area contributed by atoms with Gasteiger partial charge in [-0.05, 0) is 37.6 Å². The van der Waals surface area contributed by atoms with Gasteiger partial charge in [-0.2, -0.15) is 0 Å². The molecule has 2 aliphatic rings. The van der Waals surface area contributed by atoms with E-state index in [1.165, 1.54) is 51.5 Å². The lowest BCUT2D eigenvalue weighted by molar-refractivity contribution is 0.128. The summed E-state index contributed by atoms with van der Waals surface area (Å²) in [5, 5.41) is 3.72. The zero-order valence-electron chi connectivity index (χ0n) is 8.89. The van der Waals surface area contributed by atoms with Gasteiger partial charge in [-0.15, -0.1) is 0 Å². The summed E-state index contributed by atoms with van der Waals surface area (Å²) in [6.45, 7) is 3.60. The van der Waals surface area contributed by atoms with Crippen LogP contribution in [-0.2, 0) is 0 Å². The molecule has 0 aromatic rings. The van der Waals surface area contributed by atoms with Crippen molar-refractivity contribution in [1.29, 1.82) is 0 Å². The van der Waals surface area contributed by atoms with Crippen LogP contribution in [0.15, 0.2) is 0 Å². The van der Waals surface area contributed by atoms with E-state index in [0.717, 1.165) is 17.9 Å². The molecule has 1 nitrogen and oxygen atoms in total. The molecule has 1 N–H and O–H groups in total. The lowest BCUT2D eigenvalue weighted by Gasteiger charge is -2.42. The first kappa shape index (κ1) is 9.51. The molecule has 0 aromatic heterocycles. The van der Waals surface area contributed by atoms with Gasteiger partial charge in [0.2, 0.25) is 0 Å². The van der Waals surface area contributed by atoms with Gasteiger partial charge < -0.3 is 5.32 Å². The summed E-state index contributed by atoms with van der Waals surface area (Å²) < 4.78 is 0. The van der Waals surface area contributed by atoms with Gasteiger partial charge >= 0.3 is 0 Å². The molecule has 1 saturated heterocycles. The van der Waals surface area contributed by atoms with E-state index in [2.05, 4.69) is 12.2 Å². The number of fused-ring (bicyclic) bond motifs is 1. The lowest BCUT2D eigenvalue weighted by Crippen LogP contribution is -2.47. The highest BCUT2D eigenvalue weighted by molar-refractivity contribution is 4.88. The molecular formula is C12H23N. The molecule has 3 atom stereocenters. The van der Waals surface area contributed by atoms with Crippen molar-refractivity contribution in [2.24, 2.45) is 11.8 Å². The first-order valence-electron chi connectivity index (χ1n) is 6.15. The fourth-order valence-electron chi connectivity index (χ4n) is 3.36. The van der Waals surface area contributed by atoms with E-state index >= 15 is 0 Å². The molecule has 0 spiro atoms. The third kappa shape index (κ3) is 2.07. The van der Waals surface area contributed by atoms with E-state index in [0.29, 0.717) is 0 Å². The van der Waals surface area contributed by atoms with Crippen molar-refractivity contribution < 1.29 is 0 Å². The van der Waals surface area contributed by atoms with Crippen LogP contribution in [-0.4, -0.2) is 12.6 Å². The Morgan fingerprint density at radius 3 is 2.85 bits per heavy atom. The molecule has 0 radical (unpaired) electrons. The Morgan fingerprint density at radius 2 is 2.00 bits per heavy atom. The SMILES string of the molecule is CCCC1NCCC2CCCCC21. The lowest BCUT2D eigenvalue weighted by atomic mass is 9.71. The quantitative estimate of drug-likeness (QED) is 0.690. The van der Waals surface area contributed by atoms with Crippen LogP contribution in [0.1, 0.15) is 51.9 Å². The summed E-state index contributed by atoms with van der Waals surface area (Å²) in [6.07, 6.45) is 10.2. The van der Waals surface area contributed by atoms with Crippen LogP contribution in [0.5, 0.6) is 0 Å².